The number of halogens is 2. The zero-order valence-electron chi connectivity index (χ0n) is 17.9. The van der Waals surface area contributed by atoms with Crippen LogP contribution in [0.15, 0.2) is 77.9 Å². The van der Waals surface area contributed by atoms with Crippen LogP contribution in [-0.4, -0.2) is 21.5 Å². The van der Waals surface area contributed by atoms with Crippen LogP contribution in [0.3, 0.4) is 0 Å². The van der Waals surface area contributed by atoms with Crippen molar-refractivity contribution in [3.05, 3.63) is 101 Å². The molecule has 0 spiro atoms. The zero-order chi connectivity index (χ0) is 23.1. The lowest BCUT2D eigenvalue weighted by molar-refractivity contribution is 0.416. The van der Waals surface area contributed by atoms with E-state index in [1.807, 2.05) is 19.1 Å². The number of imidazole rings is 1. The number of aromatic nitrogens is 3. The number of ether oxygens (including phenoxy) is 1. The van der Waals surface area contributed by atoms with Crippen LogP contribution < -0.4 is 10.2 Å². The summed E-state index contributed by atoms with van der Waals surface area (Å²) in [4.78, 5) is 20.7. The summed E-state index contributed by atoms with van der Waals surface area (Å²) in [6.07, 6.45) is 3.32. The monoisotopic (exact) mass is 443 g/mol. The molecule has 0 fully saturated rings. The molecule has 7 heteroatoms. The number of nitrogens with one attached hydrogen (secondary N) is 1. The quantitative estimate of drug-likeness (QED) is 0.392. The molecule has 0 radical (unpaired) electrons. The number of hydrogen-bond acceptors (Lipinski definition) is 3. The van der Waals surface area contributed by atoms with Gasteiger partial charge in [0.2, 0.25) is 0 Å². The van der Waals surface area contributed by atoms with Gasteiger partial charge in [0.1, 0.15) is 23.2 Å². The molecule has 2 aromatic carbocycles. The molecule has 3 aromatic heterocycles. The summed E-state index contributed by atoms with van der Waals surface area (Å²) in [6, 6.07) is 15.6. The Hall–Kier alpha value is -4.26. The van der Waals surface area contributed by atoms with Crippen molar-refractivity contribution in [3.63, 3.8) is 0 Å². The number of rotatable bonds is 4. The van der Waals surface area contributed by atoms with Crippen LogP contribution in [0.5, 0.6) is 5.75 Å². The van der Waals surface area contributed by atoms with Crippen molar-refractivity contribution in [3.8, 4) is 39.5 Å². The first-order valence-electron chi connectivity index (χ1n) is 10.3. The Bertz CT molecular complexity index is 1570. The molecule has 0 bridgehead atoms. The molecular formula is C26H19F2N3O2. The number of nitrogens with zero attached hydrogens (tertiary/aromatic N) is 2. The Kier molecular flexibility index (Phi) is 5.01. The van der Waals surface area contributed by atoms with E-state index in [9.17, 15) is 13.6 Å². The van der Waals surface area contributed by atoms with E-state index < -0.39 is 11.6 Å². The molecule has 5 nitrogen and oxygen atoms in total. The lowest BCUT2D eigenvalue weighted by Gasteiger charge is -2.15. The molecule has 0 aliphatic carbocycles. The lowest BCUT2D eigenvalue weighted by Crippen LogP contribution is -2.09. The summed E-state index contributed by atoms with van der Waals surface area (Å²) >= 11 is 0. The minimum absolute atomic E-state index is 0.210. The van der Waals surface area contributed by atoms with E-state index >= 15 is 0 Å². The van der Waals surface area contributed by atoms with Gasteiger partial charge in [-0.1, -0.05) is 6.07 Å². The fourth-order valence-corrected chi connectivity index (χ4v) is 4.03. The Morgan fingerprint density at radius 1 is 1.00 bits per heavy atom. The molecule has 164 valence electrons. The molecule has 0 amide bonds. The minimum Gasteiger partial charge on any atom is -0.496 e. The standard InChI is InChI=1S/C26H19F2N3O2/c1-15-14-29-26(30-15)16-6-9-24(33-2)19(12-16)25-22-5-3-4-21(31(22)11-10-23(25)32)18-8-7-17(27)13-20(18)28/h3-14H,1-2H3,(H,29,30). The van der Waals surface area contributed by atoms with Crippen molar-refractivity contribution in [1.82, 2.24) is 14.4 Å². The van der Waals surface area contributed by atoms with E-state index in [-0.39, 0.29) is 11.0 Å². The molecular weight excluding hydrogens is 424 g/mol. The summed E-state index contributed by atoms with van der Waals surface area (Å²) in [5.74, 6) is -0.148. The lowest BCUT2D eigenvalue weighted by atomic mass is 9.99. The second-order valence-corrected chi connectivity index (χ2v) is 7.68. The van der Waals surface area contributed by atoms with Crippen LogP contribution in [0.25, 0.3) is 39.3 Å². The Morgan fingerprint density at radius 3 is 2.58 bits per heavy atom. The first-order chi connectivity index (χ1) is 16.0. The Morgan fingerprint density at radius 2 is 1.85 bits per heavy atom. The second kappa shape index (κ2) is 8.02. The predicted molar refractivity (Wildman–Crippen MR) is 123 cm³/mol. The molecule has 5 aromatic rings. The maximum atomic E-state index is 14.6. The van der Waals surface area contributed by atoms with Crippen molar-refractivity contribution in [2.75, 3.05) is 7.11 Å². The van der Waals surface area contributed by atoms with Crippen LogP contribution in [-0.2, 0) is 0 Å². The van der Waals surface area contributed by atoms with Crippen LogP contribution in [0.2, 0.25) is 0 Å². The van der Waals surface area contributed by atoms with Gasteiger partial charge in [-0.15, -0.1) is 0 Å². The van der Waals surface area contributed by atoms with Gasteiger partial charge in [0, 0.05) is 46.9 Å². The summed E-state index contributed by atoms with van der Waals surface area (Å²) < 4.78 is 35.3. The first-order valence-corrected chi connectivity index (χ1v) is 10.3. The third-order valence-corrected chi connectivity index (χ3v) is 5.56. The van der Waals surface area contributed by atoms with Crippen molar-refractivity contribution in [2.45, 2.75) is 6.92 Å². The maximum absolute atomic E-state index is 14.6. The maximum Gasteiger partial charge on any atom is 0.190 e. The SMILES string of the molecule is COc1ccc(-c2ncc(C)[nH]2)cc1-c1c(=O)ccn2c(-c3ccc(F)cc3F)cccc12. The van der Waals surface area contributed by atoms with Gasteiger partial charge in [-0.3, -0.25) is 4.79 Å². The number of pyridine rings is 2. The largest absolute Gasteiger partial charge is 0.496 e. The number of methoxy groups -OCH3 is 1. The van der Waals surface area contributed by atoms with E-state index in [2.05, 4.69) is 9.97 Å². The van der Waals surface area contributed by atoms with Gasteiger partial charge >= 0.3 is 0 Å². The molecule has 0 aliphatic heterocycles. The average molecular weight is 443 g/mol. The Labute approximate surface area is 187 Å². The van der Waals surface area contributed by atoms with Gasteiger partial charge in [0.15, 0.2) is 5.43 Å². The molecule has 33 heavy (non-hydrogen) atoms. The smallest absolute Gasteiger partial charge is 0.190 e. The number of aryl methyl sites for hydroxylation is 1. The number of fused-ring (bicyclic) bond motifs is 1. The fraction of sp³-hybridized carbons (Fsp3) is 0.0769. The van der Waals surface area contributed by atoms with Gasteiger partial charge in [-0.25, -0.2) is 13.8 Å². The normalized spacial score (nSPS) is 11.2. The number of H-pyrrole nitrogens is 1. The van der Waals surface area contributed by atoms with Crippen molar-refractivity contribution >= 4 is 5.52 Å². The summed E-state index contributed by atoms with van der Waals surface area (Å²) in [5.41, 5.74) is 3.77. The highest BCUT2D eigenvalue weighted by Crippen LogP contribution is 2.35. The molecule has 0 unspecified atom stereocenters. The van der Waals surface area contributed by atoms with Gasteiger partial charge in [-0.05, 0) is 49.4 Å². The highest BCUT2D eigenvalue weighted by Gasteiger charge is 2.18. The molecule has 3 heterocycles. The molecule has 0 saturated carbocycles. The van der Waals surface area contributed by atoms with Gasteiger partial charge in [0.05, 0.1) is 23.9 Å². The molecule has 0 saturated heterocycles. The van der Waals surface area contributed by atoms with Gasteiger partial charge in [0.25, 0.3) is 0 Å². The highest BCUT2D eigenvalue weighted by molar-refractivity contribution is 5.87. The van der Waals surface area contributed by atoms with Crippen LogP contribution in [0.1, 0.15) is 5.69 Å². The second-order valence-electron chi connectivity index (χ2n) is 7.68. The van der Waals surface area contributed by atoms with Crippen molar-refractivity contribution in [1.29, 1.82) is 0 Å². The van der Waals surface area contributed by atoms with Crippen LogP contribution in [0, 0.1) is 18.6 Å². The Balaban J connectivity index is 1.79. The third kappa shape index (κ3) is 3.57. The van der Waals surface area contributed by atoms with Crippen LogP contribution >= 0.6 is 0 Å². The topological polar surface area (TPSA) is 59.4 Å². The first kappa shape index (κ1) is 20.6. The molecule has 5 rings (SSSR count). The van der Waals surface area contributed by atoms with Crippen molar-refractivity contribution in [2.24, 2.45) is 0 Å². The molecule has 1 N–H and O–H groups in total. The van der Waals surface area contributed by atoms with Crippen molar-refractivity contribution < 1.29 is 13.5 Å². The molecule has 0 aliphatic rings. The third-order valence-electron chi connectivity index (χ3n) is 5.56. The zero-order valence-corrected chi connectivity index (χ0v) is 17.9. The number of hydrogen-bond donors (Lipinski definition) is 1. The average Bonchev–Trinajstić information content (AvgIpc) is 3.24. The summed E-state index contributed by atoms with van der Waals surface area (Å²) in [7, 11) is 1.54. The van der Waals surface area contributed by atoms with Gasteiger partial charge in [-0.2, -0.15) is 0 Å². The number of benzene rings is 2. The summed E-state index contributed by atoms with van der Waals surface area (Å²) in [6.45, 7) is 1.91. The fourth-order valence-electron chi connectivity index (χ4n) is 4.03. The van der Waals surface area contributed by atoms with E-state index in [1.54, 1.807) is 41.1 Å². The van der Waals surface area contributed by atoms with E-state index in [0.717, 1.165) is 17.3 Å². The van der Waals surface area contributed by atoms with E-state index in [4.69, 9.17) is 4.74 Å². The van der Waals surface area contributed by atoms with E-state index in [0.29, 0.717) is 33.9 Å². The highest BCUT2D eigenvalue weighted by atomic mass is 19.1. The number of aromatic amines is 1. The van der Waals surface area contributed by atoms with Gasteiger partial charge < -0.3 is 14.1 Å². The summed E-state index contributed by atoms with van der Waals surface area (Å²) in [5, 5.41) is 0. The minimum atomic E-state index is -0.685. The predicted octanol–water partition coefficient (Wildman–Crippen LogP) is 5.62. The van der Waals surface area contributed by atoms with E-state index in [1.165, 1.54) is 25.3 Å². The van der Waals surface area contributed by atoms with Crippen LogP contribution in [0.4, 0.5) is 8.78 Å². The molecule has 0 atom stereocenters.